The van der Waals surface area contributed by atoms with Crippen LogP contribution in [0, 0.1) is 5.92 Å². The maximum Gasteiger partial charge on any atom is 0.234 e. The minimum absolute atomic E-state index is 0.660. The Bertz CT molecular complexity index is 433. The molecule has 0 saturated carbocycles. The first-order valence-corrected chi connectivity index (χ1v) is 15.7. The van der Waals surface area contributed by atoms with Crippen molar-refractivity contribution in [2.45, 2.75) is 176 Å². The largest absolute Gasteiger partial charge is 0.234 e. The van der Waals surface area contributed by atoms with Crippen LogP contribution >= 0.6 is 0 Å². The number of nitrogens with zero attached hydrogens (tertiary/aromatic N) is 2. The molecule has 0 heterocycles. The van der Waals surface area contributed by atoms with Crippen molar-refractivity contribution in [1.82, 2.24) is 0 Å². The second-order valence-corrected chi connectivity index (χ2v) is 10.1. The van der Waals surface area contributed by atoms with E-state index in [1.54, 1.807) is 0 Å². The molecule has 0 N–H and O–H groups in total. The number of aliphatic imine (C=N–C) groups is 2. The fourth-order valence-electron chi connectivity index (χ4n) is 4.14. The fraction of sp³-hybridized carbons (Fsp3) is 0.938. The first kappa shape index (κ1) is 39.3. The molecular formula is C32H64N2O2. The smallest absolute Gasteiger partial charge is 0.211 e. The molecule has 0 aliphatic carbocycles. The van der Waals surface area contributed by atoms with Crippen LogP contribution in [0.25, 0.3) is 0 Å². The van der Waals surface area contributed by atoms with E-state index in [1.165, 1.54) is 141 Å². The van der Waals surface area contributed by atoms with Gasteiger partial charge in [-0.1, -0.05) is 163 Å². The van der Waals surface area contributed by atoms with E-state index >= 15 is 0 Å². The molecule has 0 amide bonds. The van der Waals surface area contributed by atoms with Crippen LogP contribution in [0.4, 0.5) is 0 Å². The van der Waals surface area contributed by atoms with Crippen molar-refractivity contribution < 1.29 is 9.59 Å². The quantitative estimate of drug-likeness (QED) is 0.0739. The monoisotopic (exact) mass is 508 g/mol. The van der Waals surface area contributed by atoms with E-state index < -0.39 is 0 Å². The highest BCUT2D eigenvalue weighted by molar-refractivity contribution is 5.32. The van der Waals surface area contributed by atoms with Crippen molar-refractivity contribution in [3.63, 3.8) is 0 Å². The van der Waals surface area contributed by atoms with E-state index in [0.29, 0.717) is 13.1 Å². The molecule has 214 valence electrons. The maximum absolute atomic E-state index is 9.60. The lowest BCUT2D eigenvalue weighted by Gasteiger charge is -2.16. The van der Waals surface area contributed by atoms with Gasteiger partial charge in [-0.15, -0.1) is 0 Å². The van der Waals surface area contributed by atoms with Crippen LogP contribution in [0.1, 0.15) is 176 Å². The number of isocyanates is 2. The average Bonchev–Trinajstić information content (AvgIpc) is 2.90. The summed E-state index contributed by atoms with van der Waals surface area (Å²) >= 11 is 0. The highest BCUT2D eigenvalue weighted by Gasteiger charge is 2.07. The van der Waals surface area contributed by atoms with Crippen molar-refractivity contribution >= 4 is 12.2 Å². The molecule has 0 saturated heterocycles. The van der Waals surface area contributed by atoms with Crippen LogP contribution in [0.3, 0.4) is 0 Å². The third-order valence-electron chi connectivity index (χ3n) is 6.52. The molecule has 36 heavy (non-hydrogen) atoms. The molecule has 0 aromatic carbocycles. The fourth-order valence-corrected chi connectivity index (χ4v) is 4.14. The van der Waals surface area contributed by atoms with E-state index in [0.717, 1.165) is 18.8 Å². The van der Waals surface area contributed by atoms with Gasteiger partial charge in [0, 0.05) is 0 Å². The van der Waals surface area contributed by atoms with Gasteiger partial charge >= 0.3 is 0 Å². The number of carbonyl (C=O) groups excluding carboxylic acids is 2. The summed E-state index contributed by atoms with van der Waals surface area (Å²) in [6.07, 6.45) is 32.5. The van der Waals surface area contributed by atoms with Gasteiger partial charge in [0.15, 0.2) is 0 Å². The van der Waals surface area contributed by atoms with Crippen molar-refractivity contribution in [1.29, 1.82) is 0 Å². The van der Waals surface area contributed by atoms with E-state index in [2.05, 4.69) is 44.6 Å². The predicted molar refractivity (Wildman–Crippen MR) is 159 cm³/mol. The van der Waals surface area contributed by atoms with Crippen LogP contribution in [0.15, 0.2) is 9.98 Å². The summed E-state index contributed by atoms with van der Waals surface area (Å²) in [5, 5.41) is 0. The molecule has 0 aromatic rings. The number of hydrogen-bond acceptors (Lipinski definition) is 4. The van der Waals surface area contributed by atoms with E-state index in [1.807, 2.05) is 0 Å². The van der Waals surface area contributed by atoms with Crippen LogP contribution in [-0.2, 0) is 9.59 Å². The van der Waals surface area contributed by atoms with Crippen LogP contribution in [0.5, 0.6) is 0 Å². The van der Waals surface area contributed by atoms with Gasteiger partial charge in [-0.2, -0.15) is 0 Å². The highest BCUT2D eigenvalue weighted by Crippen LogP contribution is 2.22. The Labute approximate surface area is 226 Å². The van der Waals surface area contributed by atoms with Crippen molar-refractivity contribution in [2.75, 3.05) is 13.1 Å². The molecule has 0 rings (SSSR count). The van der Waals surface area contributed by atoms with Crippen molar-refractivity contribution in [3.8, 4) is 0 Å². The molecule has 0 bridgehead atoms. The zero-order chi connectivity index (χ0) is 27.4. The van der Waals surface area contributed by atoms with Crippen LogP contribution in [0.2, 0.25) is 0 Å². The van der Waals surface area contributed by atoms with Gasteiger partial charge in [-0.05, 0) is 18.8 Å². The third kappa shape index (κ3) is 42.9. The number of rotatable bonds is 24. The van der Waals surface area contributed by atoms with E-state index in [9.17, 15) is 9.59 Å². The summed E-state index contributed by atoms with van der Waals surface area (Å²) in [5.74, 6) is 1.04. The van der Waals surface area contributed by atoms with Gasteiger partial charge in [0.25, 0.3) is 0 Å². The summed E-state index contributed by atoms with van der Waals surface area (Å²) in [4.78, 5) is 26.1. The minimum Gasteiger partial charge on any atom is -0.211 e. The second-order valence-electron chi connectivity index (χ2n) is 10.1. The summed E-state index contributed by atoms with van der Waals surface area (Å²) in [6.45, 7) is 12.6. The number of hydrogen-bond donors (Lipinski definition) is 0. The Balaban J connectivity index is -0.000000476. The highest BCUT2D eigenvalue weighted by atomic mass is 16.1. The first-order valence-electron chi connectivity index (χ1n) is 15.7. The molecule has 0 radical (unpaired) electrons. The molecule has 0 spiro atoms. The molecule has 4 nitrogen and oxygen atoms in total. The van der Waals surface area contributed by atoms with Crippen LogP contribution < -0.4 is 0 Å². The molecule has 0 atom stereocenters. The average molecular weight is 509 g/mol. The van der Waals surface area contributed by atoms with Gasteiger partial charge in [0.2, 0.25) is 12.2 Å². The zero-order valence-electron chi connectivity index (χ0n) is 25.3. The van der Waals surface area contributed by atoms with Crippen molar-refractivity contribution in [3.05, 3.63) is 0 Å². The van der Waals surface area contributed by atoms with Crippen LogP contribution in [-0.4, -0.2) is 25.2 Å². The van der Waals surface area contributed by atoms with Gasteiger partial charge < -0.3 is 0 Å². The lowest BCUT2D eigenvalue weighted by molar-refractivity contribution is 0.377. The topological polar surface area (TPSA) is 58.9 Å². The Morgan fingerprint density at radius 2 is 0.722 bits per heavy atom. The second kappa shape index (κ2) is 40.9. The van der Waals surface area contributed by atoms with Gasteiger partial charge in [-0.25, -0.2) is 19.6 Å². The lowest BCUT2D eigenvalue weighted by Crippen LogP contribution is -2.00. The maximum atomic E-state index is 9.60. The van der Waals surface area contributed by atoms with E-state index in [4.69, 9.17) is 0 Å². The SMILES string of the molecule is CCCCCCCC(CCCC)CCCC.CCCCCCCN=C=O.CCCCCCCN=C=O. The Morgan fingerprint density at radius 1 is 0.417 bits per heavy atom. The molecule has 0 unspecified atom stereocenters. The predicted octanol–water partition coefficient (Wildman–Crippen LogP) is 10.9. The Hall–Kier alpha value is -1.24. The summed E-state index contributed by atoms with van der Waals surface area (Å²) in [5.41, 5.74) is 0. The molecule has 0 fully saturated rings. The lowest BCUT2D eigenvalue weighted by atomic mass is 9.90. The summed E-state index contributed by atoms with van der Waals surface area (Å²) in [6, 6.07) is 0. The zero-order valence-corrected chi connectivity index (χ0v) is 25.3. The Kier molecular flexibility index (Phi) is 44.6. The first-order chi connectivity index (χ1) is 17.7. The normalized spacial score (nSPS) is 9.94. The Morgan fingerprint density at radius 3 is 1.06 bits per heavy atom. The summed E-state index contributed by atoms with van der Waals surface area (Å²) < 4.78 is 0. The molecule has 0 aliphatic rings. The molecule has 0 aliphatic heterocycles. The minimum atomic E-state index is 0.660. The third-order valence-corrected chi connectivity index (χ3v) is 6.52. The van der Waals surface area contributed by atoms with Gasteiger partial charge in [0.05, 0.1) is 13.1 Å². The van der Waals surface area contributed by atoms with E-state index in [-0.39, 0.29) is 0 Å². The standard InChI is InChI=1S/C16H34.2C8H15NO/c1-4-7-10-11-12-15-16(13-8-5-2)14-9-6-3;2*1-2-3-4-5-6-7-9-8-10/h16H,4-15H2,1-3H3;2*2-7H2,1H3. The van der Waals surface area contributed by atoms with Gasteiger partial charge in [0.1, 0.15) is 0 Å². The van der Waals surface area contributed by atoms with Gasteiger partial charge in [-0.3, -0.25) is 0 Å². The molecule has 0 aromatic heterocycles. The summed E-state index contributed by atoms with van der Waals surface area (Å²) in [7, 11) is 0. The van der Waals surface area contributed by atoms with Crippen molar-refractivity contribution in [2.24, 2.45) is 15.9 Å². The molecule has 4 heteroatoms. The molecular weight excluding hydrogens is 444 g/mol. The number of unbranched alkanes of at least 4 members (excludes halogenated alkanes) is 14.